The van der Waals surface area contributed by atoms with E-state index >= 15 is 0 Å². The van der Waals surface area contributed by atoms with Gasteiger partial charge in [-0.1, -0.05) is 31.2 Å². The molecule has 1 heterocycles. The van der Waals surface area contributed by atoms with Crippen molar-refractivity contribution in [1.82, 2.24) is 4.57 Å². The van der Waals surface area contributed by atoms with E-state index in [0.29, 0.717) is 34.4 Å². The van der Waals surface area contributed by atoms with Gasteiger partial charge in [0.25, 0.3) is 5.91 Å². The highest BCUT2D eigenvalue weighted by atomic mass is 16.5. The van der Waals surface area contributed by atoms with Gasteiger partial charge in [-0.2, -0.15) is 0 Å². The highest BCUT2D eigenvalue weighted by molar-refractivity contribution is 6.07. The molecule has 3 rings (SSSR count). The van der Waals surface area contributed by atoms with Crippen LogP contribution in [0, 0.1) is 0 Å². The fourth-order valence-electron chi connectivity index (χ4n) is 2.94. The number of carbonyl (C=O) groups is 2. The van der Waals surface area contributed by atoms with Gasteiger partial charge in [0, 0.05) is 17.6 Å². The fourth-order valence-corrected chi connectivity index (χ4v) is 2.94. The van der Waals surface area contributed by atoms with Gasteiger partial charge in [0.1, 0.15) is 11.5 Å². The SMILES string of the molecule is CC[C@@H](Oc1cccc(OC)c1)C(=O)n1cc(C(=O)OC)c2ccccc21. The number of methoxy groups -OCH3 is 2. The maximum atomic E-state index is 13.1. The van der Waals surface area contributed by atoms with Gasteiger partial charge in [-0.05, 0) is 24.6 Å². The third-order valence-electron chi connectivity index (χ3n) is 4.32. The standard InChI is InChI=1S/C21H21NO5/c1-4-19(27-15-9-7-8-14(12-15)25-2)20(23)22-13-17(21(24)26-3)16-10-5-6-11-18(16)22/h5-13,19H,4H2,1-3H3/t19-/m1/s1. The average Bonchev–Trinajstić information content (AvgIpc) is 3.10. The lowest BCUT2D eigenvalue weighted by Crippen LogP contribution is -2.31. The number of ether oxygens (including phenoxy) is 3. The van der Waals surface area contributed by atoms with Crippen LogP contribution in [0.3, 0.4) is 0 Å². The third-order valence-corrected chi connectivity index (χ3v) is 4.32. The first kappa shape index (κ1) is 18.5. The summed E-state index contributed by atoms with van der Waals surface area (Å²) in [5, 5.41) is 0.661. The first-order chi connectivity index (χ1) is 13.1. The van der Waals surface area contributed by atoms with Crippen LogP contribution in [0.4, 0.5) is 0 Å². The molecule has 0 N–H and O–H groups in total. The number of benzene rings is 2. The largest absolute Gasteiger partial charge is 0.497 e. The van der Waals surface area contributed by atoms with Crippen LogP contribution in [0.1, 0.15) is 28.5 Å². The number of hydrogen-bond donors (Lipinski definition) is 0. The molecule has 0 bridgehead atoms. The molecule has 0 aliphatic carbocycles. The van der Waals surface area contributed by atoms with Crippen LogP contribution in [0.25, 0.3) is 10.9 Å². The van der Waals surface area contributed by atoms with Crippen LogP contribution in [-0.2, 0) is 4.74 Å². The lowest BCUT2D eigenvalue weighted by atomic mass is 10.2. The van der Waals surface area contributed by atoms with Crippen LogP contribution >= 0.6 is 0 Å². The van der Waals surface area contributed by atoms with Gasteiger partial charge in [0.2, 0.25) is 0 Å². The van der Waals surface area contributed by atoms with Gasteiger partial charge in [-0.25, -0.2) is 4.79 Å². The molecular formula is C21H21NO5. The molecule has 6 nitrogen and oxygen atoms in total. The van der Waals surface area contributed by atoms with E-state index in [0.717, 1.165) is 0 Å². The minimum Gasteiger partial charge on any atom is -0.497 e. The Bertz CT molecular complexity index is 976. The van der Waals surface area contributed by atoms with E-state index in [4.69, 9.17) is 14.2 Å². The molecule has 0 unspecified atom stereocenters. The maximum Gasteiger partial charge on any atom is 0.340 e. The second-order valence-electron chi connectivity index (χ2n) is 5.95. The number of hydrogen-bond acceptors (Lipinski definition) is 5. The van der Waals surface area contributed by atoms with Gasteiger partial charge in [-0.15, -0.1) is 0 Å². The van der Waals surface area contributed by atoms with Gasteiger partial charge in [0.05, 0.1) is 25.3 Å². The van der Waals surface area contributed by atoms with Crippen molar-refractivity contribution in [2.24, 2.45) is 0 Å². The molecule has 1 atom stereocenters. The normalized spacial score (nSPS) is 11.8. The maximum absolute atomic E-state index is 13.1. The van der Waals surface area contributed by atoms with Crippen LogP contribution in [-0.4, -0.2) is 36.8 Å². The van der Waals surface area contributed by atoms with Gasteiger partial charge in [-0.3, -0.25) is 9.36 Å². The molecule has 27 heavy (non-hydrogen) atoms. The summed E-state index contributed by atoms with van der Waals surface area (Å²) in [6, 6.07) is 14.3. The number of nitrogens with zero attached hydrogens (tertiary/aromatic N) is 1. The van der Waals surface area contributed by atoms with Crippen molar-refractivity contribution in [1.29, 1.82) is 0 Å². The molecule has 0 aliphatic rings. The minimum absolute atomic E-state index is 0.258. The lowest BCUT2D eigenvalue weighted by Gasteiger charge is -2.17. The predicted molar refractivity (Wildman–Crippen MR) is 102 cm³/mol. The quantitative estimate of drug-likeness (QED) is 0.618. The van der Waals surface area contributed by atoms with E-state index in [-0.39, 0.29) is 5.91 Å². The number of carbonyl (C=O) groups excluding carboxylic acids is 2. The number of para-hydroxylation sites is 1. The van der Waals surface area contributed by atoms with Crippen LogP contribution < -0.4 is 9.47 Å². The Labute approximate surface area is 157 Å². The highest BCUT2D eigenvalue weighted by Crippen LogP contribution is 2.25. The highest BCUT2D eigenvalue weighted by Gasteiger charge is 2.25. The van der Waals surface area contributed by atoms with Crippen molar-refractivity contribution < 1.29 is 23.8 Å². The molecule has 2 aromatic carbocycles. The molecule has 1 aromatic heterocycles. The van der Waals surface area contributed by atoms with Crippen molar-refractivity contribution in [3.05, 3.63) is 60.3 Å². The zero-order valence-electron chi connectivity index (χ0n) is 15.5. The number of fused-ring (bicyclic) bond motifs is 1. The van der Waals surface area contributed by atoms with E-state index in [1.165, 1.54) is 17.9 Å². The molecular weight excluding hydrogens is 346 g/mol. The van der Waals surface area contributed by atoms with Crippen LogP contribution in [0.5, 0.6) is 11.5 Å². The topological polar surface area (TPSA) is 66.8 Å². The summed E-state index contributed by atoms with van der Waals surface area (Å²) in [5.74, 6) is 0.444. The van der Waals surface area contributed by atoms with E-state index in [2.05, 4.69) is 0 Å². The summed E-state index contributed by atoms with van der Waals surface area (Å²) in [4.78, 5) is 25.2. The third kappa shape index (κ3) is 3.65. The lowest BCUT2D eigenvalue weighted by molar-refractivity contribution is 0.0602. The Morgan fingerprint density at radius 2 is 1.78 bits per heavy atom. The Kier molecular flexibility index (Phi) is 5.45. The van der Waals surface area contributed by atoms with Crippen molar-refractivity contribution in [2.45, 2.75) is 19.4 Å². The molecule has 0 aliphatic heterocycles. The summed E-state index contributed by atoms with van der Waals surface area (Å²) in [6.45, 7) is 1.87. The zero-order chi connectivity index (χ0) is 19.4. The summed E-state index contributed by atoms with van der Waals surface area (Å²) < 4.78 is 17.4. The molecule has 0 spiro atoms. The number of esters is 1. The van der Waals surface area contributed by atoms with Crippen molar-refractivity contribution in [3.8, 4) is 11.5 Å². The molecule has 0 radical (unpaired) electrons. The molecule has 6 heteroatoms. The minimum atomic E-state index is -0.710. The molecule has 3 aromatic rings. The second-order valence-corrected chi connectivity index (χ2v) is 5.95. The number of rotatable bonds is 6. The van der Waals surface area contributed by atoms with Gasteiger partial charge >= 0.3 is 5.97 Å². The Hall–Kier alpha value is -3.28. The fraction of sp³-hybridized carbons (Fsp3) is 0.238. The Balaban J connectivity index is 1.96. The second kappa shape index (κ2) is 7.95. The van der Waals surface area contributed by atoms with E-state index in [1.807, 2.05) is 19.1 Å². The molecule has 0 amide bonds. The Morgan fingerprint density at radius 1 is 1.04 bits per heavy atom. The molecule has 140 valence electrons. The average molecular weight is 367 g/mol. The van der Waals surface area contributed by atoms with Crippen LogP contribution in [0.15, 0.2) is 54.7 Å². The smallest absolute Gasteiger partial charge is 0.340 e. The van der Waals surface area contributed by atoms with Crippen molar-refractivity contribution >= 4 is 22.8 Å². The molecule has 0 saturated heterocycles. The van der Waals surface area contributed by atoms with Crippen LogP contribution in [0.2, 0.25) is 0 Å². The predicted octanol–water partition coefficient (Wildman–Crippen LogP) is 3.93. The summed E-state index contributed by atoms with van der Waals surface area (Å²) >= 11 is 0. The van der Waals surface area contributed by atoms with E-state index in [1.54, 1.807) is 43.5 Å². The van der Waals surface area contributed by atoms with Crippen molar-refractivity contribution in [3.63, 3.8) is 0 Å². The first-order valence-electron chi connectivity index (χ1n) is 8.62. The summed E-state index contributed by atoms with van der Waals surface area (Å²) in [6.07, 6.45) is 1.27. The summed E-state index contributed by atoms with van der Waals surface area (Å²) in [7, 11) is 2.89. The molecule has 0 fully saturated rings. The van der Waals surface area contributed by atoms with E-state index < -0.39 is 12.1 Å². The number of aromatic nitrogens is 1. The van der Waals surface area contributed by atoms with Gasteiger partial charge < -0.3 is 14.2 Å². The monoisotopic (exact) mass is 367 g/mol. The Morgan fingerprint density at radius 3 is 2.48 bits per heavy atom. The first-order valence-corrected chi connectivity index (χ1v) is 8.62. The van der Waals surface area contributed by atoms with Gasteiger partial charge in [0.15, 0.2) is 6.10 Å². The molecule has 0 saturated carbocycles. The van der Waals surface area contributed by atoms with E-state index in [9.17, 15) is 9.59 Å². The summed E-state index contributed by atoms with van der Waals surface area (Å²) in [5.41, 5.74) is 0.980. The zero-order valence-corrected chi connectivity index (χ0v) is 15.5. The van der Waals surface area contributed by atoms with Crippen molar-refractivity contribution in [2.75, 3.05) is 14.2 Å².